The molecule has 2 amide bonds. The van der Waals surface area contributed by atoms with Crippen LogP contribution in [0.5, 0.6) is 0 Å². The fourth-order valence-electron chi connectivity index (χ4n) is 3.36. The quantitative estimate of drug-likeness (QED) is 0.517. The van der Waals surface area contributed by atoms with Crippen LogP contribution in [0.2, 0.25) is 5.02 Å². The first-order valence-electron chi connectivity index (χ1n) is 10.9. The third kappa shape index (κ3) is 7.75. The van der Waals surface area contributed by atoms with Crippen molar-refractivity contribution in [2.24, 2.45) is 5.92 Å². The van der Waals surface area contributed by atoms with Crippen LogP contribution < -0.4 is 9.62 Å². The van der Waals surface area contributed by atoms with Crippen molar-refractivity contribution in [2.75, 3.05) is 23.7 Å². The van der Waals surface area contributed by atoms with E-state index in [4.69, 9.17) is 11.6 Å². The lowest BCUT2D eigenvalue weighted by Gasteiger charge is -2.33. The Hall–Kier alpha value is -2.58. The molecule has 0 aliphatic heterocycles. The highest BCUT2D eigenvalue weighted by Crippen LogP contribution is 2.22. The molecule has 0 saturated carbocycles. The first-order chi connectivity index (χ1) is 15.5. The van der Waals surface area contributed by atoms with Crippen molar-refractivity contribution in [3.63, 3.8) is 0 Å². The van der Waals surface area contributed by atoms with Gasteiger partial charge in [-0.25, -0.2) is 8.42 Å². The zero-order valence-corrected chi connectivity index (χ0v) is 21.1. The molecule has 0 aliphatic rings. The summed E-state index contributed by atoms with van der Waals surface area (Å²) in [5.74, 6) is -0.522. The van der Waals surface area contributed by atoms with E-state index in [-0.39, 0.29) is 18.4 Å². The van der Waals surface area contributed by atoms with E-state index in [1.165, 1.54) is 4.90 Å². The van der Waals surface area contributed by atoms with Gasteiger partial charge in [-0.05, 0) is 36.1 Å². The standard InChI is InChI=1S/C24H32ClN3O4S/c1-5-22(24(30)26-15-18(2)3)27(16-19-11-9-10-14-21(19)25)23(29)17-28(33(4,31)32)20-12-7-6-8-13-20/h6-14,18,22H,5,15-17H2,1-4H3,(H,26,30)/t22-/m0/s1. The van der Waals surface area contributed by atoms with Crippen LogP contribution in [0.3, 0.4) is 0 Å². The fraction of sp³-hybridized carbons (Fsp3) is 0.417. The molecule has 2 aromatic rings. The zero-order valence-electron chi connectivity index (χ0n) is 19.5. The molecule has 2 rings (SSSR count). The molecule has 0 radical (unpaired) electrons. The number of para-hydroxylation sites is 1. The Kier molecular flexibility index (Phi) is 9.73. The van der Waals surface area contributed by atoms with Crippen molar-refractivity contribution in [1.29, 1.82) is 0 Å². The van der Waals surface area contributed by atoms with E-state index in [1.54, 1.807) is 54.6 Å². The predicted octanol–water partition coefficient (Wildman–Crippen LogP) is 3.69. The summed E-state index contributed by atoms with van der Waals surface area (Å²) in [4.78, 5) is 27.9. The first-order valence-corrected chi connectivity index (χ1v) is 13.1. The maximum absolute atomic E-state index is 13.5. The first kappa shape index (κ1) is 26.7. The zero-order chi connectivity index (χ0) is 24.6. The van der Waals surface area contributed by atoms with Gasteiger partial charge < -0.3 is 10.2 Å². The lowest BCUT2D eigenvalue weighted by atomic mass is 10.1. The van der Waals surface area contributed by atoms with Crippen LogP contribution in [0.4, 0.5) is 5.69 Å². The van der Waals surface area contributed by atoms with Crippen LogP contribution >= 0.6 is 11.6 Å². The highest BCUT2D eigenvalue weighted by Gasteiger charge is 2.32. The van der Waals surface area contributed by atoms with E-state index in [0.717, 1.165) is 10.6 Å². The van der Waals surface area contributed by atoms with Gasteiger partial charge >= 0.3 is 0 Å². The maximum Gasteiger partial charge on any atom is 0.244 e. The van der Waals surface area contributed by atoms with Crippen LogP contribution in [0.1, 0.15) is 32.8 Å². The summed E-state index contributed by atoms with van der Waals surface area (Å²) < 4.78 is 26.1. The Bertz CT molecular complexity index is 1040. The number of rotatable bonds is 11. The number of carbonyl (C=O) groups is 2. The van der Waals surface area contributed by atoms with E-state index in [2.05, 4.69) is 5.32 Å². The van der Waals surface area contributed by atoms with Crippen molar-refractivity contribution in [1.82, 2.24) is 10.2 Å². The van der Waals surface area contributed by atoms with Gasteiger partial charge in [0.1, 0.15) is 12.6 Å². The van der Waals surface area contributed by atoms with Gasteiger partial charge in [-0.15, -0.1) is 0 Å². The normalized spacial score (nSPS) is 12.3. The smallest absolute Gasteiger partial charge is 0.244 e. The molecule has 0 unspecified atom stereocenters. The van der Waals surface area contributed by atoms with E-state index >= 15 is 0 Å². The second-order valence-corrected chi connectivity index (χ2v) is 10.6. The van der Waals surface area contributed by atoms with Crippen molar-refractivity contribution >= 4 is 39.1 Å². The van der Waals surface area contributed by atoms with E-state index < -0.39 is 28.5 Å². The van der Waals surface area contributed by atoms with Crippen molar-refractivity contribution in [3.8, 4) is 0 Å². The minimum atomic E-state index is -3.74. The molecule has 0 fully saturated rings. The summed E-state index contributed by atoms with van der Waals surface area (Å²) in [6.07, 6.45) is 1.42. The molecule has 7 nitrogen and oxygen atoms in total. The number of amides is 2. The van der Waals surface area contributed by atoms with Crippen LogP contribution in [-0.2, 0) is 26.2 Å². The van der Waals surface area contributed by atoms with E-state index in [0.29, 0.717) is 29.2 Å². The number of carbonyl (C=O) groups excluding carboxylic acids is 2. The van der Waals surface area contributed by atoms with Gasteiger partial charge in [0.25, 0.3) is 0 Å². The molecule has 1 N–H and O–H groups in total. The van der Waals surface area contributed by atoms with Gasteiger partial charge in [0.05, 0.1) is 11.9 Å². The number of nitrogens with one attached hydrogen (secondary N) is 1. The van der Waals surface area contributed by atoms with Gasteiger partial charge in [0.2, 0.25) is 21.8 Å². The largest absolute Gasteiger partial charge is 0.354 e. The van der Waals surface area contributed by atoms with E-state index in [1.807, 2.05) is 20.8 Å². The Morgan fingerprint density at radius 1 is 1.03 bits per heavy atom. The van der Waals surface area contributed by atoms with Crippen molar-refractivity contribution in [2.45, 2.75) is 39.8 Å². The molecule has 33 heavy (non-hydrogen) atoms. The van der Waals surface area contributed by atoms with Gasteiger partial charge in [0, 0.05) is 18.1 Å². The van der Waals surface area contributed by atoms with Crippen LogP contribution in [-0.4, -0.2) is 50.5 Å². The number of nitrogens with zero attached hydrogens (tertiary/aromatic N) is 2. The summed E-state index contributed by atoms with van der Waals surface area (Å²) in [7, 11) is -3.74. The number of hydrogen-bond acceptors (Lipinski definition) is 4. The van der Waals surface area contributed by atoms with Gasteiger partial charge in [0.15, 0.2) is 0 Å². The monoisotopic (exact) mass is 493 g/mol. The van der Waals surface area contributed by atoms with Crippen molar-refractivity contribution < 1.29 is 18.0 Å². The molecule has 0 saturated heterocycles. The summed E-state index contributed by atoms with van der Waals surface area (Å²) in [6, 6.07) is 14.7. The molecule has 1 atom stereocenters. The lowest BCUT2D eigenvalue weighted by Crippen LogP contribution is -2.52. The van der Waals surface area contributed by atoms with Gasteiger partial charge in [-0.1, -0.05) is 68.8 Å². The SMILES string of the molecule is CC[C@@H](C(=O)NCC(C)C)N(Cc1ccccc1Cl)C(=O)CN(c1ccccc1)S(C)(=O)=O. The Balaban J connectivity index is 2.41. The topological polar surface area (TPSA) is 86.8 Å². The van der Waals surface area contributed by atoms with Crippen molar-refractivity contribution in [3.05, 3.63) is 65.2 Å². The van der Waals surface area contributed by atoms with Gasteiger partial charge in [-0.3, -0.25) is 13.9 Å². The minimum Gasteiger partial charge on any atom is -0.354 e. The second kappa shape index (κ2) is 12.0. The van der Waals surface area contributed by atoms with Crippen LogP contribution in [0.25, 0.3) is 0 Å². The molecule has 0 aromatic heterocycles. The van der Waals surface area contributed by atoms with E-state index in [9.17, 15) is 18.0 Å². The fourth-order valence-corrected chi connectivity index (χ4v) is 4.41. The highest BCUT2D eigenvalue weighted by atomic mass is 35.5. The average Bonchev–Trinajstić information content (AvgIpc) is 2.76. The van der Waals surface area contributed by atoms with Gasteiger partial charge in [-0.2, -0.15) is 0 Å². The number of sulfonamides is 1. The molecule has 0 heterocycles. The molecule has 0 spiro atoms. The molecule has 9 heteroatoms. The summed E-state index contributed by atoms with van der Waals surface area (Å²) in [6.45, 7) is 5.91. The Morgan fingerprint density at radius 3 is 2.18 bits per heavy atom. The average molecular weight is 494 g/mol. The Morgan fingerprint density at radius 2 is 1.64 bits per heavy atom. The molecule has 0 aliphatic carbocycles. The molecular formula is C24H32ClN3O4S. The third-order valence-electron chi connectivity index (χ3n) is 5.09. The predicted molar refractivity (Wildman–Crippen MR) is 133 cm³/mol. The maximum atomic E-state index is 13.5. The third-order valence-corrected chi connectivity index (χ3v) is 6.60. The van der Waals surface area contributed by atoms with Crippen LogP contribution in [0, 0.1) is 5.92 Å². The molecule has 2 aromatic carbocycles. The minimum absolute atomic E-state index is 0.0818. The lowest BCUT2D eigenvalue weighted by molar-refractivity contribution is -0.140. The molecule has 0 bridgehead atoms. The highest BCUT2D eigenvalue weighted by molar-refractivity contribution is 7.92. The molecule has 180 valence electrons. The summed E-state index contributed by atoms with van der Waals surface area (Å²) in [5.41, 5.74) is 1.05. The molecular weight excluding hydrogens is 462 g/mol. The second-order valence-electron chi connectivity index (χ2n) is 8.28. The Labute approximate surface area is 201 Å². The summed E-state index contributed by atoms with van der Waals surface area (Å²) in [5, 5.41) is 3.35. The number of halogens is 1. The van der Waals surface area contributed by atoms with Crippen LogP contribution in [0.15, 0.2) is 54.6 Å². The number of benzene rings is 2. The summed E-state index contributed by atoms with van der Waals surface area (Å²) >= 11 is 6.33. The number of hydrogen-bond donors (Lipinski definition) is 1. The number of anilines is 1.